The number of hydrogen-bond donors (Lipinski definition) is 1. The molecule has 154 valence electrons. The Morgan fingerprint density at radius 2 is 1.90 bits per heavy atom. The van der Waals surface area contributed by atoms with Crippen molar-refractivity contribution < 1.29 is 9.72 Å². The molecule has 1 saturated heterocycles. The van der Waals surface area contributed by atoms with Crippen LogP contribution in [0.15, 0.2) is 42.5 Å². The Morgan fingerprint density at radius 3 is 2.60 bits per heavy atom. The van der Waals surface area contributed by atoms with Crippen LogP contribution in [0, 0.1) is 17.0 Å². The highest BCUT2D eigenvalue weighted by Gasteiger charge is 2.24. The first-order chi connectivity index (χ1) is 14.5. The van der Waals surface area contributed by atoms with Gasteiger partial charge in [0.05, 0.1) is 4.92 Å². The van der Waals surface area contributed by atoms with E-state index in [4.69, 9.17) is 0 Å². The molecule has 0 spiro atoms. The van der Waals surface area contributed by atoms with Crippen molar-refractivity contribution in [3.63, 3.8) is 0 Å². The number of aromatic nitrogens is 2. The van der Waals surface area contributed by atoms with Gasteiger partial charge in [-0.05, 0) is 37.5 Å². The average molecular weight is 423 g/mol. The number of amides is 1. The molecule has 4 rings (SSSR count). The van der Waals surface area contributed by atoms with E-state index < -0.39 is 10.8 Å². The summed E-state index contributed by atoms with van der Waals surface area (Å²) in [7, 11) is 0. The highest BCUT2D eigenvalue weighted by molar-refractivity contribution is 7.15. The zero-order valence-corrected chi connectivity index (χ0v) is 17.3. The van der Waals surface area contributed by atoms with E-state index in [1.54, 1.807) is 12.1 Å². The number of nitrogens with one attached hydrogen (secondary N) is 1. The molecule has 2 aromatic carbocycles. The molecule has 1 aliphatic rings. The lowest BCUT2D eigenvalue weighted by Crippen LogP contribution is -2.19. The molecule has 2 heterocycles. The smallest absolute Gasteiger partial charge is 0.293 e. The SMILES string of the molecule is Cc1ccc(Cc2nnc(NC(=O)c3ccc(N4CCCC4)c([N+](=O)[O-])c3)s2)cc1. The number of nitro benzene ring substituents is 1. The predicted molar refractivity (Wildman–Crippen MR) is 116 cm³/mol. The maximum atomic E-state index is 12.6. The van der Waals surface area contributed by atoms with Gasteiger partial charge in [-0.2, -0.15) is 0 Å². The summed E-state index contributed by atoms with van der Waals surface area (Å²) in [5.74, 6) is -0.441. The summed E-state index contributed by atoms with van der Waals surface area (Å²) in [6, 6.07) is 12.8. The molecule has 1 aliphatic heterocycles. The van der Waals surface area contributed by atoms with Crippen molar-refractivity contribution in [1.82, 2.24) is 10.2 Å². The van der Waals surface area contributed by atoms with E-state index in [0.29, 0.717) is 17.2 Å². The summed E-state index contributed by atoms with van der Waals surface area (Å²) in [5.41, 5.74) is 3.03. The van der Waals surface area contributed by atoms with Crippen LogP contribution in [0.2, 0.25) is 0 Å². The fourth-order valence-corrected chi connectivity index (χ4v) is 4.23. The van der Waals surface area contributed by atoms with Crippen molar-refractivity contribution >= 4 is 33.8 Å². The Hall–Kier alpha value is -3.33. The van der Waals surface area contributed by atoms with Crippen molar-refractivity contribution in [2.75, 3.05) is 23.3 Å². The third kappa shape index (κ3) is 4.46. The van der Waals surface area contributed by atoms with E-state index in [1.165, 1.54) is 23.0 Å². The molecule has 0 unspecified atom stereocenters. The van der Waals surface area contributed by atoms with Gasteiger partial charge in [-0.3, -0.25) is 20.2 Å². The van der Waals surface area contributed by atoms with Crippen molar-refractivity contribution in [3.05, 3.63) is 74.3 Å². The first-order valence-corrected chi connectivity index (χ1v) is 10.5. The van der Waals surface area contributed by atoms with Crippen molar-refractivity contribution in [2.45, 2.75) is 26.2 Å². The molecule has 1 amide bonds. The van der Waals surface area contributed by atoms with Gasteiger partial charge in [0, 0.05) is 31.1 Å². The lowest BCUT2D eigenvalue weighted by Gasteiger charge is -2.17. The van der Waals surface area contributed by atoms with Gasteiger partial charge in [-0.1, -0.05) is 41.2 Å². The minimum Gasteiger partial charge on any atom is -0.366 e. The van der Waals surface area contributed by atoms with Gasteiger partial charge in [-0.15, -0.1) is 10.2 Å². The van der Waals surface area contributed by atoms with Crippen LogP contribution in [0.1, 0.15) is 39.3 Å². The fraction of sp³-hybridized carbons (Fsp3) is 0.286. The molecule has 0 bridgehead atoms. The minimum absolute atomic E-state index is 0.0538. The standard InChI is InChI=1S/C21H21N5O3S/c1-14-4-6-15(7-5-14)12-19-23-24-21(30-19)22-20(27)16-8-9-17(18(13-16)26(28)29)25-10-2-3-11-25/h4-9,13H,2-3,10-12H2,1H3,(H,22,24,27). The van der Waals surface area contributed by atoms with Gasteiger partial charge in [0.15, 0.2) is 0 Å². The molecule has 0 atom stereocenters. The molecular formula is C21H21N5O3S. The second kappa shape index (κ2) is 8.58. The van der Waals surface area contributed by atoms with Gasteiger partial charge < -0.3 is 4.90 Å². The molecule has 0 radical (unpaired) electrons. The summed E-state index contributed by atoms with van der Waals surface area (Å²) < 4.78 is 0. The Labute approximate surface area is 177 Å². The van der Waals surface area contributed by atoms with Crippen molar-refractivity contribution in [1.29, 1.82) is 0 Å². The summed E-state index contributed by atoms with van der Waals surface area (Å²) in [6.07, 6.45) is 2.66. The van der Waals surface area contributed by atoms with Crippen molar-refractivity contribution in [2.24, 2.45) is 0 Å². The zero-order valence-electron chi connectivity index (χ0n) is 16.5. The number of benzene rings is 2. The predicted octanol–water partition coefficient (Wildman–Crippen LogP) is 4.20. The number of rotatable bonds is 6. The number of carbonyl (C=O) groups excluding carboxylic acids is 1. The number of carbonyl (C=O) groups is 1. The Balaban J connectivity index is 1.47. The zero-order chi connectivity index (χ0) is 21.1. The lowest BCUT2D eigenvalue weighted by molar-refractivity contribution is -0.384. The summed E-state index contributed by atoms with van der Waals surface area (Å²) >= 11 is 1.29. The lowest BCUT2D eigenvalue weighted by atomic mass is 10.1. The van der Waals surface area contributed by atoms with Gasteiger partial charge in [0.25, 0.3) is 11.6 Å². The fourth-order valence-electron chi connectivity index (χ4n) is 3.46. The van der Waals surface area contributed by atoms with Gasteiger partial charge in [0.2, 0.25) is 5.13 Å². The van der Waals surface area contributed by atoms with E-state index >= 15 is 0 Å². The molecule has 0 aliphatic carbocycles. The van der Waals surface area contributed by atoms with Crippen LogP contribution < -0.4 is 10.2 Å². The van der Waals surface area contributed by atoms with E-state index in [1.807, 2.05) is 36.1 Å². The van der Waals surface area contributed by atoms with Gasteiger partial charge in [0.1, 0.15) is 10.7 Å². The molecule has 9 heteroatoms. The Morgan fingerprint density at radius 1 is 1.17 bits per heavy atom. The Kier molecular flexibility index (Phi) is 5.71. The maximum absolute atomic E-state index is 12.6. The van der Waals surface area contributed by atoms with Crippen LogP contribution in [-0.4, -0.2) is 34.1 Å². The van der Waals surface area contributed by atoms with Crippen LogP contribution in [-0.2, 0) is 6.42 Å². The number of hydrogen-bond acceptors (Lipinski definition) is 7. The number of nitro groups is 1. The number of aryl methyl sites for hydroxylation is 1. The molecular weight excluding hydrogens is 402 g/mol. The molecule has 3 aromatic rings. The molecule has 1 N–H and O–H groups in total. The maximum Gasteiger partial charge on any atom is 0.293 e. The van der Waals surface area contributed by atoms with Crippen LogP contribution >= 0.6 is 11.3 Å². The number of anilines is 2. The highest BCUT2D eigenvalue weighted by atomic mass is 32.1. The monoisotopic (exact) mass is 423 g/mol. The first-order valence-electron chi connectivity index (χ1n) is 9.72. The largest absolute Gasteiger partial charge is 0.366 e. The molecule has 0 saturated carbocycles. The van der Waals surface area contributed by atoms with Crippen LogP contribution in [0.3, 0.4) is 0 Å². The summed E-state index contributed by atoms with van der Waals surface area (Å²) in [4.78, 5) is 25.7. The second-order valence-corrected chi connectivity index (χ2v) is 8.33. The second-order valence-electron chi connectivity index (χ2n) is 7.27. The molecule has 1 fully saturated rings. The first kappa shape index (κ1) is 20.0. The summed E-state index contributed by atoms with van der Waals surface area (Å²) in [5, 5.41) is 23.5. The van der Waals surface area contributed by atoms with Crippen LogP contribution in [0.25, 0.3) is 0 Å². The molecule has 8 nitrogen and oxygen atoms in total. The quantitative estimate of drug-likeness (QED) is 0.471. The third-order valence-corrected chi connectivity index (χ3v) is 5.88. The highest BCUT2D eigenvalue weighted by Crippen LogP contribution is 2.32. The van der Waals surface area contributed by atoms with E-state index in [-0.39, 0.29) is 11.3 Å². The van der Waals surface area contributed by atoms with Crippen LogP contribution in [0.4, 0.5) is 16.5 Å². The minimum atomic E-state index is -0.441. The topological polar surface area (TPSA) is 101 Å². The third-order valence-electron chi connectivity index (χ3n) is 5.04. The van der Waals surface area contributed by atoms with Gasteiger partial charge in [-0.25, -0.2) is 0 Å². The van der Waals surface area contributed by atoms with E-state index in [2.05, 4.69) is 15.5 Å². The van der Waals surface area contributed by atoms with Gasteiger partial charge >= 0.3 is 0 Å². The molecule has 1 aromatic heterocycles. The van der Waals surface area contributed by atoms with Crippen LogP contribution in [0.5, 0.6) is 0 Å². The van der Waals surface area contributed by atoms with E-state index in [0.717, 1.165) is 36.5 Å². The average Bonchev–Trinajstić information content (AvgIpc) is 3.41. The Bertz CT molecular complexity index is 1070. The molecule has 30 heavy (non-hydrogen) atoms. The number of nitrogens with zero attached hydrogens (tertiary/aromatic N) is 4. The van der Waals surface area contributed by atoms with E-state index in [9.17, 15) is 14.9 Å². The van der Waals surface area contributed by atoms with Crippen molar-refractivity contribution in [3.8, 4) is 0 Å². The normalized spacial score (nSPS) is 13.4. The summed E-state index contributed by atoms with van der Waals surface area (Å²) in [6.45, 7) is 3.62.